The maximum Gasteiger partial charge on any atom is 0.00956 e. The summed E-state index contributed by atoms with van der Waals surface area (Å²) in [6.07, 6.45) is 7.37. The summed E-state index contributed by atoms with van der Waals surface area (Å²) in [4.78, 5) is 2.85. The van der Waals surface area contributed by atoms with Gasteiger partial charge in [-0.05, 0) is 56.0 Å². The Bertz CT molecular complexity index is 264. The van der Waals surface area contributed by atoms with Crippen molar-refractivity contribution in [2.24, 2.45) is 23.7 Å². The Morgan fingerprint density at radius 3 is 2.33 bits per heavy atom. The van der Waals surface area contributed by atoms with Crippen molar-refractivity contribution in [3.63, 3.8) is 0 Å². The first kappa shape index (κ1) is 12.9. The van der Waals surface area contributed by atoms with E-state index in [1.54, 1.807) is 0 Å². The van der Waals surface area contributed by atoms with E-state index in [9.17, 15) is 0 Å². The maximum absolute atomic E-state index is 3.56. The zero-order valence-corrected chi connectivity index (χ0v) is 12.2. The van der Waals surface area contributed by atoms with E-state index in [0.717, 1.165) is 29.7 Å². The average Bonchev–Trinajstić information content (AvgIpc) is 2.82. The van der Waals surface area contributed by atoms with Gasteiger partial charge in [0.1, 0.15) is 0 Å². The largest absolute Gasteiger partial charge is 0.316 e. The van der Waals surface area contributed by atoms with Crippen LogP contribution in [-0.4, -0.2) is 37.1 Å². The minimum atomic E-state index is 0.894. The van der Waals surface area contributed by atoms with Crippen LogP contribution in [0.3, 0.4) is 0 Å². The van der Waals surface area contributed by atoms with E-state index in [1.165, 1.54) is 58.3 Å². The van der Waals surface area contributed by atoms with Crippen LogP contribution in [0.2, 0.25) is 0 Å². The van der Waals surface area contributed by atoms with Crippen LogP contribution in [-0.2, 0) is 0 Å². The number of hydrogen-bond acceptors (Lipinski definition) is 2. The molecule has 0 amide bonds. The van der Waals surface area contributed by atoms with Gasteiger partial charge in [-0.15, -0.1) is 0 Å². The third-order valence-electron chi connectivity index (χ3n) is 5.86. The van der Waals surface area contributed by atoms with Crippen LogP contribution in [0.15, 0.2) is 0 Å². The van der Waals surface area contributed by atoms with Crippen molar-refractivity contribution >= 4 is 0 Å². The van der Waals surface area contributed by atoms with Gasteiger partial charge in [-0.1, -0.05) is 26.7 Å². The average molecular weight is 250 g/mol. The Morgan fingerprint density at radius 2 is 1.67 bits per heavy atom. The van der Waals surface area contributed by atoms with Gasteiger partial charge < -0.3 is 5.32 Å². The Morgan fingerprint density at radius 1 is 0.944 bits per heavy atom. The van der Waals surface area contributed by atoms with Crippen LogP contribution in [0.4, 0.5) is 0 Å². The summed E-state index contributed by atoms with van der Waals surface area (Å²) in [7, 11) is 0. The number of nitrogens with zero attached hydrogens (tertiary/aromatic N) is 1. The topological polar surface area (TPSA) is 15.3 Å². The second-order valence-corrected chi connectivity index (χ2v) is 7.30. The van der Waals surface area contributed by atoms with Crippen molar-refractivity contribution < 1.29 is 0 Å². The molecule has 0 aromatic carbocycles. The molecule has 2 saturated heterocycles. The fourth-order valence-corrected chi connectivity index (χ4v) is 4.53. The molecule has 1 N–H and O–H groups in total. The molecule has 3 aliphatic rings. The summed E-state index contributed by atoms with van der Waals surface area (Å²) in [6, 6.07) is 0.916. The third-order valence-corrected chi connectivity index (χ3v) is 5.86. The molecular formula is C16H30N2. The van der Waals surface area contributed by atoms with Crippen molar-refractivity contribution in [1.29, 1.82) is 0 Å². The lowest BCUT2D eigenvalue weighted by molar-refractivity contribution is 0.203. The molecule has 4 atom stereocenters. The van der Waals surface area contributed by atoms with Gasteiger partial charge in [0.2, 0.25) is 0 Å². The zero-order valence-electron chi connectivity index (χ0n) is 12.2. The minimum absolute atomic E-state index is 0.894. The molecule has 0 bridgehead atoms. The zero-order chi connectivity index (χ0) is 12.5. The summed E-state index contributed by atoms with van der Waals surface area (Å²) in [5.74, 6) is 3.83. The fraction of sp³-hybridized carbons (Fsp3) is 1.00. The minimum Gasteiger partial charge on any atom is -0.316 e. The predicted molar refractivity (Wildman–Crippen MR) is 76.6 cm³/mol. The highest BCUT2D eigenvalue weighted by Crippen LogP contribution is 2.35. The molecule has 2 nitrogen and oxygen atoms in total. The molecule has 0 aromatic rings. The second kappa shape index (κ2) is 5.50. The Kier molecular flexibility index (Phi) is 3.95. The number of hydrogen-bond donors (Lipinski definition) is 1. The standard InChI is InChI=1S/C16H30N2/c1-12(2)13-4-3-5-16(7-6-13)18-10-14-8-17-9-15(14)11-18/h12-17H,3-11H2,1-2H3/t13?,14-,15+,16?. The summed E-state index contributed by atoms with van der Waals surface area (Å²) in [5, 5.41) is 3.56. The van der Waals surface area contributed by atoms with Gasteiger partial charge in [0, 0.05) is 19.1 Å². The van der Waals surface area contributed by atoms with Crippen LogP contribution in [0.1, 0.15) is 46.0 Å². The Balaban J connectivity index is 1.54. The number of fused-ring (bicyclic) bond motifs is 1. The highest BCUT2D eigenvalue weighted by atomic mass is 15.2. The monoisotopic (exact) mass is 250 g/mol. The van der Waals surface area contributed by atoms with E-state index in [2.05, 4.69) is 24.1 Å². The summed E-state index contributed by atoms with van der Waals surface area (Å²) in [5.41, 5.74) is 0. The van der Waals surface area contributed by atoms with E-state index < -0.39 is 0 Å². The van der Waals surface area contributed by atoms with E-state index >= 15 is 0 Å². The van der Waals surface area contributed by atoms with Crippen LogP contribution >= 0.6 is 0 Å². The second-order valence-electron chi connectivity index (χ2n) is 7.30. The molecule has 2 unspecified atom stereocenters. The van der Waals surface area contributed by atoms with Crippen molar-refractivity contribution in [3.8, 4) is 0 Å². The SMILES string of the molecule is CC(C)C1CCCC(N2C[C@H]3CNC[C@H]3C2)CC1. The lowest BCUT2D eigenvalue weighted by atomic mass is 9.89. The maximum atomic E-state index is 3.56. The first-order chi connectivity index (χ1) is 8.74. The molecule has 3 fully saturated rings. The highest BCUT2D eigenvalue weighted by Gasteiger charge is 2.39. The lowest BCUT2D eigenvalue weighted by Gasteiger charge is -2.28. The van der Waals surface area contributed by atoms with Crippen molar-refractivity contribution in [1.82, 2.24) is 10.2 Å². The third kappa shape index (κ3) is 2.60. The first-order valence-corrected chi connectivity index (χ1v) is 8.19. The number of nitrogens with one attached hydrogen (secondary N) is 1. The number of likely N-dealkylation sites (tertiary alicyclic amines) is 1. The lowest BCUT2D eigenvalue weighted by Crippen LogP contribution is -2.35. The molecule has 104 valence electrons. The molecule has 18 heavy (non-hydrogen) atoms. The van der Waals surface area contributed by atoms with Gasteiger partial charge in [0.25, 0.3) is 0 Å². The quantitative estimate of drug-likeness (QED) is 0.758. The van der Waals surface area contributed by atoms with Gasteiger partial charge in [-0.3, -0.25) is 4.90 Å². The van der Waals surface area contributed by atoms with E-state index in [1.807, 2.05) is 0 Å². The van der Waals surface area contributed by atoms with Crippen molar-refractivity contribution in [2.45, 2.75) is 52.0 Å². The molecule has 1 aliphatic carbocycles. The molecule has 1 saturated carbocycles. The molecule has 0 aromatic heterocycles. The number of rotatable bonds is 2. The van der Waals surface area contributed by atoms with Gasteiger partial charge in [-0.25, -0.2) is 0 Å². The molecule has 2 heteroatoms. The Labute approximate surface area is 113 Å². The molecule has 2 heterocycles. The van der Waals surface area contributed by atoms with Gasteiger partial charge in [0.15, 0.2) is 0 Å². The molecule has 0 radical (unpaired) electrons. The van der Waals surface area contributed by atoms with E-state index in [0.29, 0.717) is 0 Å². The normalized spacial score (nSPS) is 42.2. The van der Waals surface area contributed by atoms with Crippen LogP contribution < -0.4 is 5.32 Å². The summed E-state index contributed by atoms with van der Waals surface area (Å²) >= 11 is 0. The highest BCUT2D eigenvalue weighted by molar-refractivity contribution is 4.94. The summed E-state index contributed by atoms with van der Waals surface area (Å²) < 4.78 is 0. The van der Waals surface area contributed by atoms with Gasteiger partial charge >= 0.3 is 0 Å². The molecule has 0 spiro atoms. The fourth-order valence-electron chi connectivity index (χ4n) is 4.53. The smallest absolute Gasteiger partial charge is 0.00956 e. The van der Waals surface area contributed by atoms with Gasteiger partial charge in [-0.2, -0.15) is 0 Å². The van der Waals surface area contributed by atoms with Crippen LogP contribution in [0.25, 0.3) is 0 Å². The predicted octanol–water partition coefficient (Wildman–Crippen LogP) is 2.74. The molecule has 2 aliphatic heterocycles. The van der Waals surface area contributed by atoms with E-state index in [-0.39, 0.29) is 0 Å². The van der Waals surface area contributed by atoms with Crippen LogP contribution in [0.5, 0.6) is 0 Å². The first-order valence-electron chi connectivity index (χ1n) is 8.19. The molecular weight excluding hydrogens is 220 g/mol. The summed E-state index contributed by atoms with van der Waals surface area (Å²) in [6.45, 7) is 10.2. The Hall–Kier alpha value is -0.0800. The van der Waals surface area contributed by atoms with E-state index in [4.69, 9.17) is 0 Å². The van der Waals surface area contributed by atoms with Crippen LogP contribution in [0, 0.1) is 23.7 Å². The van der Waals surface area contributed by atoms with Crippen molar-refractivity contribution in [3.05, 3.63) is 0 Å². The van der Waals surface area contributed by atoms with Gasteiger partial charge in [0.05, 0.1) is 0 Å². The molecule has 3 rings (SSSR count). The van der Waals surface area contributed by atoms with Crippen molar-refractivity contribution in [2.75, 3.05) is 26.2 Å².